The van der Waals surface area contributed by atoms with Crippen molar-refractivity contribution in [1.29, 1.82) is 0 Å². The summed E-state index contributed by atoms with van der Waals surface area (Å²) in [5.41, 5.74) is 6.31. The van der Waals surface area contributed by atoms with Gasteiger partial charge in [-0.3, -0.25) is 9.59 Å². The lowest BCUT2D eigenvalue weighted by molar-refractivity contribution is -0.120. The third-order valence-corrected chi connectivity index (χ3v) is 5.37. The van der Waals surface area contributed by atoms with Gasteiger partial charge in [0.15, 0.2) is 18.1 Å². The fraction of sp³-hybridized carbons (Fsp3) is 0.182. The lowest BCUT2D eigenvalue weighted by atomic mass is 10.2. The number of benzene rings is 2. The van der Waals surface area contributed by atoms with Gasteiger partial charge in [0.1, 0.15) is 19.0 Å². The van der Waals surface area contributed by atoms with Crippen LogP contribution < -0.4 is 24.8 Å². The summed E-state index contributed by atoms with van der Waals surface area (Å²) < 4.78 is 16.9. The zero-order valence-electron chi connectivity index (χ0n) is 16.1. The van der Waals surface area contributed by atoms with E-state index in [1.807, 2.05) is 23.6 Å². The van der Waals surface area contributed by atoms with Gasteiger partial charge in [-0.25, -0.2) is 0 Å². The second-order valence-corrected chi connectivity index (χ2v) is 7.60. The maximum absolute atomic E-state index is 13.1. The summed E-state index contributed by atoms with van der Waals surface area (Å²) in [6, 6.07) is 15.8. The Balaban J connectivity index is 1.54. The molecule has 0 bridgehead atoms. The maximum atomic E-state index is 13.1. The summed E-state index contributed by atoms with van der Waals surface area (Å²) in [7, 11) is 0. The highest BCUT2D eigenvalue weighted by atomic mass is 32.1. The average molecular weight is 424 g/mol. The number of nitrogens with zero attached hydrogens (tertiary/aromatic N) is 1. The van der Waals surface area contributed by atoms with Gasteiger partial charge >= 0.3 is 0 Å². The molecule has 2 aromatic carbocycles. The first-order chi connectivity index (χ1) is 14.6. The first-order valence-corrected chi connectivity index (χ1v) is 10.2. The third kappa shape index (κ3) is 4.55. The Morgan fingerprint density at radius 3 is 2.63 bits per heavy atom. The molecule has 2 heterocycles. The number of fused-ring (bicyclic) bond motifs is 1. The molecule has 0 unspecified atom stereocenters. The predicted octanol–water partition coefficient (Wildman–Crippen LogP) is 3.23. The van der Waals surface area contributed by atoms with Gasteiger partial charge in [0.25, 0.3) is 5.91 Å². The molecule has 1 aromatic heterocycles. The quantitative estimate of drug-likeness (QED) is 0.629. The average Bonchev–Trinajstić information content (AvgIpc) is 3.29. The molecule has 0 radical (unpaired) electrons. The minimum atomic E-state index is -0.553. The predicted molar refractivity (Wildman–Crippen MR) is 113 cm³/mol. The number of carbonyl (C=O) groups is 2. The van der Waals surface area contributed by atoms with Crippen LogP contribution in [0.3, 0.4) is 0 Å². The summed E-state index contributed by atoms with van der Waals surface area (Å²) in [5, 5.41) is 1.97. The molecule has 2 N–H and O–H groups in total. The Hall–Kier alpha value is -3.52. The number of amides is 2. The van der Waals surface area contributed by atoms with Gasteiger partial charge in [0, 0.05) is 22.2 Å². The number of hydrogen-bond acceptors (Lipinski definition) is 6. The minimum Gasteiger partial charge on any atom is -0.486 e. The highest BCUT2D eigenvalue weighted by Gasteiger charge is 2.21. The SMILES string of the molecule is NC(=O)c1cccc(OCC(=O)N(Cc2cccs2)c2ccc3c(c2)OCCO3)c1. The summed E-state index contributed by atoms with van der Waals surface area (Å²) in [5.74, 6) is 0.885. The topological polar surface area (TPSA) is 91.1 Å². The smallest absolute Gasteiger partial charge is 0.265 e. The highest BCUT2D eigenvalue weighted by molar-refractivity contribution is 7.09. The molecular formula is C22H20N2O5S. The van der Waals surface area contributed by atoms with Crippen LogP contribution >= 0.6 is 11.3 Å². The maximum Gasteiger partial charge on any atom is 0.265 e. The van der Waals surface area contributed by atoms with Crippen molar-refractivity contribution in [2.75, 3.05) is 24.7 Å². The van der Waals surface area contributed by atoms with Crippen LogP contribution in [0.5, 0.6) is 17.2 Å². The van der Waals surface area contributed by atoms with Gasteiger partial charge in [-0.1, -0.05) is 12.1 Å². The van der Waals surface area contributed by atoms with E-state index in [2.05, 4.69) is 0 Å². The number of rotatable bonds is 7. The van der Waals surface area contributed by atoms with E-state index in [1.165, 1.54) is 6.07 Å². The largest absolute Gasteiger partial charge is 0.486 e. The van der Waals surface area contributed by atoms with Gasteiger partial charge in [-0.15, -0.1) is 11.3 Å². The van der Waals surface area contributed by atoms with E-state index in [1.54, 1.807) is 46.6 Å². The van der Waals surface area contributed by atoms with Crippen molar-refractivity contribution in [3.8, 4) is 17.2 Å². The molecule has 1 aliphatic heterocycles. The van der Waals surface area contributed by atoms with Crippen molar-refractivity contribution < 1.29 is 23.8 Å². The van der Waals surface area contributed by atoms with Gasteiger partial charge < -0.3 is 24.8 Å². The molecule has 0 aliphatic carbocycles. The first-order valence-electron chi connectivity index (χ1n) is 9.35. The van der Waals surface area contributed by atoms with Crippen LogP contribution in [0.15, 0.2) is 60.0 Å². The monoisotopic (exact) mass is 424 g/mol. The lowest BCUT2D eigenvalue weighted by Gasteiger charge is -2.25. The van der Waals surface area contributed by atoms with E-state index in [0.29, 0.717) is 48.3 Å². The molecule has 3 aromatic rings. The number of primary amides is 1. The molecule has 0 atom stereocenters. The Morgan fingerprint density at radius 2 is 1.87 bits per heavy atom. The number of carbonyl (C=O) groups excluding carboxylic acids is 2. The second kappa shape index (κ2) is 8.87. The molecule has 2 amide bonds. The highest BCUT2D eigenvalue weighted by Crippen LogP contribution is 2.34. The van der Waals surface area contributed by atoms with Crippen molar-refractivity contribution in [2.45, 2.75) is 6.54 Å². The van der Waals surface area contributed by atoms with Crippen molar-refractivity contribution in [1.82, 2.24) is 0 Å². The number of nitrogens with two attached hydrogens (primary N) is 1. The molecule has 7 nitrogen and oxygen atoms in total. The zero-order valence-corrected chi connectivity index (χ0v) is 16.9. The minimum absolute atomic E-state index is 0.192. The Morgan fingerprint density at radius 1 is 1.03 bits per heavy atom. The molecule has 1 aliphatic rings. The third-order valence-electron chi connectivity index (χ3n) is 4.51. The van der Waals surface area contributed by atoms with Gasteiger partial charge in [0.05, 0.1) is 6.54 Å². The Labute approximate surface area is 177 Å². The summed E-state index contributed by atoms with van der Waals surface area (Å²) in [4.78, 5) is 27.1. The Kier molecular flexibility index (Phi) is 5.85. The lowest BCUT2D eigenvalue weighted by Crippen LogP contribution is -2.34. The first kappa shape index (κ1) is 19.8. The van der Waals surface area contributed by atoms with Gasteiger partial charge in [-0.05, 0) is 41.8 Å². The molecule has 30 heavy (non-hydrogen) atoms. The van der Waals surface area contributed by atoms with Crippen LogP contribution in [-0.4, -0.2) is 31.6 Å². The number of ether oxygens (including phenoxy) is 3. The van der Waals surface area contributed by atoms with Gasteiger partial charge in [0.2, 0.25) is 5.91 Å². The van der Waals surface area contributed by atoms with Crippen LogP contribution in [0.25, 0.3) is 0 Å². The van der Waals surface area contributed by atoms with E-state index in [-0.39, 0.29) is 12.5 Å². The van der Waals surface area contributed by atoms with E-state index in [4.69, 9.17) is 19.9 Å². The van der Waals surface area contributed by atoms with Crippen molar-refractivity contribution in [2.24, 2.45) is 5.73 Å². The standard InChI is InChI=1S/C22H20N2O5S/c23-22(26)15-3-1-4-17(11-15)29-14-21(25)24(13-18-5-2-10-30-18)16-6-7-19-20(12-16)28-9-8-27-19/h1-7,10-12H,8-9,13-14H2,(H2,23,26). The van der Waals surface area contributed by atoms with Crippen LogP contribution in [0, 0.1) is 0 Å². The molecule has 0 saturated carbocycles. The molecule has 8 heteroatoms. The van der Waals surface area contributed by atoms with Gasteiger partial charge in [-0.2, -0.15) is 0 Å². The van der Waals surface area contributed by atoms with Crippen LogP contribution in [0.4, 0.5) is 5.69 Å². The summed E-state index contributed by atoms with van der Waals surface area (Å²) in [6.07, 6.45) is 0. The molecule has 0 spiro atoms. The van der Waals surface area contributed by atoms with E-state index < -0.39 is 5.91 Å². The number of anilines is 1. The summed E-state index contributed by atoms with van der Waals surface area (Å²) >= 11 is 1.57. The summed E-state index contributed by atoms with van der Waals surface area (Å²) in [6.45, 7) is 1.18. The Bertz CT molecular complexity index is 1050. The zero-order chi connectivity index (χ0) is 20.9. The van der Waals surface area contributed by atoms with E-state index in [9.17, 15) is 9.59 Å². The molecule has 4 rings (SSSR count). The van der Waals surface area contributed by atoms with E-state index >= 15 is 0 Å². The number of thiophene rings is 1. The fourth-order valence-corrected chi connectivity index (χ4v) is 3.74. The van der Waals surface area contributed by atoms with Crippen molar-refractivity contribution in [3.63, 3.8) is 0 Å². The molecular weight excluding hydrogens is 404 g/mol. The number of hydrogen-bond donors (Lipinski definition) is 1. The van der Waals surface area contributed by atoms with Crippen molar-refractivity contribution >= 4 is 28.8 Å². The van der Waals surface area contributed by atoms with Crippen molar-refractivity contribution in [3.05, 3.63) is 70.4 Å². The van der Waals surface area contributed by atoms with Crippen LogP contribution in [0.1, 0.15) is 15.2 Å². The molecule has 0 saturated heterocycles. The second-order valence-electron chi connectivity index (χ2n) is 6.57. The fourth-order valence-electron chi connectivity index (χ4n) is 3.04. The van der Waals surface area contributed by atoms with E-state index in [0.717, 1.165) is 4.88 Å². The van der Waals surface area contributed by atoms with Crippen LogP contribution in [-0.2, 0) is 11.3 Å². The van der Waals surface area contributed by atoms with Crippen LogP contribution in [0.2, 0.25) is 0 Å². The molecule has 0 fully saturated rings. The molecule has 154 valence electrons. The normalized spacial score (nSPS) is 12.3.